The predicted molar refractivity (Wildman–Crippen MR) is 149 cm³/mol. The molecule has 0 spiro atoms. The van der Waals surface area contributed by atoms with Crippen molar-refractivity contribution in [2.24, 2.45) is 0 Å². The summed E-state index contributed by atoms with van der Waals surface area (Å²) in [6, 6.07) is 50.5. The van der Waals surface area contributed by atoms with E-state index in [4.69, 9.17) is 10.2 Å². The molecule has 0 saturated heterocycles. The molecule has 6 rings (SSSR count). The van der Waals surface area contributed by atoms with E-state index in [0.29, 0.717) is 0 Å². The van der Waals surface area contributed by atoms with Crippen molar-refractivity contribution in [1.82, 2.24) is 0 Å². The van der Waals surface area contributed by atoms with Crippen LogP contribution < -0.4 is 20.6 Å². The molecule has 0 aliphatic rings. The van der Waals surface area contributed by atoms with Gasteiger partial charge in [-0.2, -0.15) is 49.3 Å². The van der Waals surface area contributed by atoms with Gasteiger partial charge in [0.25, 0.3) is 0 Å². The molecule has 2 radical (unpaired) electrons. The van der Waals surface area contributed by atoms with Crippen LogP contribution >= 0.6 is 0 Å². The van der Waals surface area contributed by atoms with Gasteiger partial charge < -0.3 is 10.2 Å². The molecule has 0 bridgehead atoms. The molecular weight excluding hydrogens is 536 g/mol. The molecule has 0 aliphatic carbocycles. The predicted octanol–water partition coefficient (Wildman–Crippen LogP) is 4.41. The van der Waals surface area contributed by atoms with E-state index in [1.807, 2.05) is 0 Å². The smallest absolute Gasteiger partial charge is 0.857 e. The van der Waals surface area contributed by atoms with E-state index >= 15 is 0 Å². The molecule has 0 fully saturated rings. The molecular formula is C32H30O2SiZr. The van der Waals surface area contributed by atoms with Gasteiger partial charge in [-0.3, -0.25) is 0 Å². The maximum Gasteiger partial charge on any atom is 4.00 e. The van der Waals surface area contributed by atoms with Gasteiger partial charge in [0.2, 0.25) is 0 Å². The van der Waals surface area contributed by atoms with Crippen LogP contribution in [0.4, 0.5) is 0 Å². The topological polar surface area (TPSA) is 46.1 Å². The molecule has 2 nitrogen and oxygen atoms in total. The monoisotopic (exact) mass is 564 g/mol. The molecule has 6 aromatic carbocycles. The molecule has 0 N–H and O–H groups in total. The second kappa shape index (κ2) is 19.3. The summed E-state index contributed by atoms with van der Waals surface area (Å²) in [6.07, 6.45) is 0. The van der Waals surface area contributed by atoms with Gasteiger partial charge in [-0.05, 0) is 0 Å². The molecule has 0 atom stereocenters. The summed E-state index contributed by atoms with van der Waals surface area (Å²) in [5.74, 6) is 0. The third kappa shape index (κ3) is 10.8. The van der Waals surface area contributed by atoms with Crippen LogP contribution in [0.1, 0.15) is 0 Å². The number of benzene rings is 4. The van der Waals surface area contributed by atoms with E-state index in [1.165, 1.54) is 31.9 Å². The molecule has 36 heavy (non-hydrogen) atoms. The van der Waals surface area contributed by atoms with Crippen molar-refractivity contribution in [3.8, 4) is 0 Å². The fourth-order valence-electron chi connectivity index (χ4n) is 3.35. The molecule has 0 heterocycles. The van der Waals surface area contributed by atoms with Crippen molar-refractivity contribution in [1.29, 1.82) is 0 Å². The van der Waals surface area contributed by atoms with E-state index in [1.54, 1.807) is 0 Å². The standard InChI is InChI=1S/C12H10Si.2C9H7.2CH3O.Zr/c1-3-7-11(8-4-1)13-12-9-5-2-6-10-12;2*1-2-5-9-7-3-6-8(9)4-1;2*1-2;/h1-10H;2*1-7H;2*1H3;/q;4*-1;+4. The average Bonchev–Trinajstić information content (AvgIpc) is 3.63. The SMILES string of the molecule is C[O-].C[O-].[Zr+4].c1ccc([Si]c2ccccc2)cc1.c1ccc2[cH-]ccc2c1.c1ccc2[cH-]ccc2c1. The van der Waals surface area contributed by atoms with Gasteiger partial charge in [0.05, 0.1) is 0 Å². The quantitative estimate of drug-likeness (QED) is 0.231. The summed E-state index contributed by atoms with van der Waals surface area (Å²) in [5.41, 5.74) is 0. The largest absolute Gasteiger partial charge is 4.00 e. The Morgan fingerprint density at radius 1 is 0.444 bits per heavy atom. The second-order valence-corrected chi connectivity index (χ2v) is 8.57. The van der Waals surface area contributed by atoms with Crippen LogP contribution in [0, 0.1) is 0 Å². The molecule has 0 amide bonds. The van der Waals surface area contributed by atoms with Crippen LogP contribution in [0.15, 0.2) is 146 Å². The Labute approximate surface area is 236 Å². The van der Waals surface area contributed by atoms with Crippen molar-refractivity contribution >= 4 is 41.4 Å². The third-order valence-electron chi connectivity index (χ3n) is 4.93. The Bertz CT molecular complexity index is 1150. The fraction of sp³-hybridized carbons (Fsp3) is 0.0625. The van der Waals surface area contributed by atoms with Crippen molar-refractivity contribution in [3.05, 3.63) is 146 Å². The zero-order valence-corrected chi connectivity index (χ0v) is 24.1. The number of hydrogen-bond acceptors (Lipinski definition) is 2. The van der Waals surface area contributed by atoms with Crippen LogP contribution in [0.3, 0.4) is 0 Å². The number of hydrogen-bond donors (Lipinski definition) is 0. The Hall–Kier alpha value is -2.88. The zero-order chi connectivity index (χ0) is 25.1. The fourth-order valence-corrected chi connectivity index (χ4v) is 4.40. The maximum absolute atomic E-state index is 8.25. The van der Waals surface area contributed by atoms with E-state index in [2.05, 4.69) is 146 Å². The molecule has 0 saturated carbocycles. The van der Waals surface area contributed by atoms with Crippen LogP contribution in [0.2, 0.25) is 0 Å². The van der Waals surface area contributed by atoms with Crippen molar-refractivity contribution in [2.45, 2.75) is 0 Å². The van der Waals surface area contributed by atoms with E-state index < -0.39 is 0 Å². The van der Waals surface area contributed by atoms with E-state index in [9.17, 15) is 0 Å². The summed E-state index contributed by atoms with van der Waals surface area (Å²) in [6.45, 7) is 0. The normalized spacial score (nSPS) is 9.00. The number of fused-ring (bicyclic) bond motifs is 2. The Balaban J connectivity index is 0.000000253. The van der Waals surface area contributed by atoms with Gasteiger partial charge in [0.1, 0.15) is 9.52 Å². The van der Waals surface area contributed by atoms with Gasteiger partial charge in [-0.15, -0.1) is 59.3 Å². The zero-order valence-electron chi connectivity index (χ0n) is 20.7. The first-order valence-corrected chi connectivity index (χ1v) is 12.3. The molecule has 0 aromatic heterocycles. The minimum Gasteiger partial charge on any atom is -0.857 e. The number of rotatable bonds is 2. The van der Waals surface area contributed by atoms with Gasteiger partial charge >= 0.3 is 26.2 Å². The Morgan fingerprint density at radius 3 is 1.14 bits per heavy atom. The van der Waals surface area contributed by atoms with Gasteiger partial charge in [-0.25, -0.2) is 0 Å². The summed E-state index contributed by atoms with van der Waals surface area (Å²) in [4.78, 5) is 0. The first kappa shape index (κ1) is 31.2. The molecule has 0 aliphatic heterocycles. The summed E-state index contributed by atoms with van der Waals surface area (Å²) >= 11 is 0. The third-order valence-corrected chi connectivity index (χ3v) is 6.18. The Morgan fingerprint density at radius 2 is 0.778 bits per heavy atom. The molecule has 4 heteroatoms. The van der Waals surface area contributed by atoms with E-state index in [-0.39, 0.29) is 26.2 Å². The summed E-state index contributed by atoms with van der Waals surface area (Å²) < 4.78 is 0. The van der Waals surface area contributed by atoms with Gasteiger partial charge in [-0.1, -0.05) is 83.2 Å². The maximum atomic E-state index is 8.25. The van der Waals surface area contributed by atoms with Crippen molar-refractivity contribution < 1.29 is 36.4 Å². The van der Waals surface area contributed by atoms with Crippen LogP contribution in [0.25, 0.3) is 21.5 Å². The molecule has 178 valence electrons. The average molecular weight is 566 g/mol. The minimum absolute atomic E-state index is 0. The van der Waals surface area contributed by atoms with Crippen molar-refractivity contribution in [3.63, 3.8) is 0 Å². The first-order valence-electron chi connectivity index (χ1n) is 11.3. The summed E-state index contributed by atoms with van der Waals surface area (Å²) in [7, 11) is 2.28. The van der Waals surface area contributed by atoms with Crippen molar-refractivity contribution in [2.75, 3.05) is 14.2 Å². The van der Waals surface area contributed by atoms with Crippen LogP contribution in [-0.2, 0) is 26.2 Å². The Kier molecular flexibility index (Phi) is 16.7. The first-order chi connectivity index (χ1) is 17.4. The van der Waals surface area contributed by atoms with Gasteiger partial charge in [0, 0.05) is 0 Å². The van der Waals surface area contributed by atoms with Crippen LogP contribution in [-0.4, -0.2) is 23.7 Å². The van der Waals surface area contributed by atoms with E-state index in [0.717, 1.165) is 23.7 Å². The minimum atomic E-state index is 0. The molecule has 6 aromatic rings. The molecule has 0 unspecified atom stereocenters. The summed E-state index contributed by atoms with van der Waals surface area (Å²) in [5, 5.41) is 24.6. The van der Waals surface area contributed by atoms with Gasteiger partial charge in [0.15, 0.2) is 0 Å². The second-order valence-electron chi connectivity index (χ2n) is 7.17. The van der Waals surface area contributed by atoms with Crippen LogP contribution in [0.5, 0.6) is 0 Å².